The van der Waals surface area contributed by atoms with E-state index < -0.39 is 9.84 Å². The maximum atomic E-state index is 12.9. The second kappa shape index (κ2) is 9.64. The molecule has 0 radical (unpaired) electrons. The van der Waals surface area contributed by atoms with Gasteiger partial charge in [0.25, 0.3) is 0 Å². The van der Waals surface area contributed by atoms with Gasteiger partial charge in [0.1, 0.15) is 0 Å². The Kier molecular flexibility index (Phi) is 6.85. The van der Waals surface area contributed by atoms with E-state index in [0.717, 1.165) is 16.8 Å². The number of amides is 1. The zero-order chi connectivity index (χ0) is 23.6. The van der Waals surface area contributed by atoms with Gasteiger partial charge in [0.05, 0.1) is 22.9 Å². The van der Waals surface area contributed by atoms with Crippen LogP contribution in [0.3, 0.4) is 0 Å². The van der Waals surface area contributed by atoms with Gasteiger partial charge in [-0.15, -0.1) is 10.2 Å². The summed E-state index contributed by atoms with van der Waals surface area (Å²) in [4.78, 5) is 18.6. The molecule has 1 fully saturated rings. The smallest absolute Gasteiger partial charge is 0.233 e. The Bertz CT molecular complexity index is 1240. The first-order valence-electron chi connectivity index (χ1n) is 10.8. The molecule has 1 atom stereocenters. The van der Waals surface area contributed by atoms with E-state index in [1.165, 1.54) is 11.8 Å². The first-order valence-corrected chi connectivity index (χ1v) is 13.6. The van der Waals surface area contributed by atoms with E-state index in [9.17, 15) is 13.2 Å². The van der Waals surface area contributed by atoms with E-state index in [4.69, 9.17) is 0 Å². The SMILES string of the molecule is CC(C)c1ccccc1-n1c(SCC(=O)N(C)[C@H]2CCS(=O)(=O)C2)nnc1-c1cccnc1. The Morgan fingerprint density at radius 3 is 2.67 bits per heavy atom. The molecule has 1 saturated heterocycles. The van der Waals surface area contributed by atoms with E-state index in [2.05, 4.69) is 35.1 Å². The van der Waals surface area contributed by atoms with Crippen LogP contribution in [0.5, 0.6) is 0 Å². The van der Waals surface area contributed by atoms with Crippen molar-refractivity contribution in [2.45, 2.75) is 37.4 Å². The van der Waals surface area contributed by atoms with Crippen molar-refractivity contribution in [2.75, 3.05) is 24.3 Å². The van der Waals surface area contributed by atoms with Crippen molar-refractivity contribution in [3.05, 3.63) is 54.4 Å². The molecule has 3 aromatic rings. The van der Waals surface area contributed by atoms with Crippen LogP contribution in [0.15, 0.2) is 53.9 Å². The number of carbonyl (C=O) groups is 1. The lowest BCUT2D eigenvalue weighted by Crippen LogP contribution is -2.38. The number of pyridine rings is 1. The first kappa shape index (κ1) is 23.4. The van der Waals surface area contributed by atoms with Gasteiger partial charge in [-0.3, -0.25) is 14.3 Å². The van der Waals surface area contributed by atoms with Gasteiger partial charge in [-0.05, 0) is 36.1 Å². The van der Waals surface area contributed by atoms with E-state index in [0.29, 0.717) is 17.4 Å². The Morgan fingerprint density at radius 1 is 1.21 bits per heavy atom. The normalized spacial score (nSPS) is 17.4. The highest BCUT2D eigenvalue weighted by Crippen LogP contribution is 2.32. The molecular formula is C23H27N5O3S2. The molecule has 33 heavy (non-hydrogen) atoms. The van der Waals surface area contributed by atoms with Crippen LogP contribution in [0.25, 0.3) is 17.1 Å². The molecule has 0 aliphatic carbocycles. The van der Waals surface area contributed by atoms with Gasteiger partial charge in [-0.25, -0.2) is 8.42 Å². The summed E-state index contributed by atoms with van der Waals surface area (Å²) in [5.41, 5.74) is 2.93. The van der Waals surface area contributed by atoms with Crippen LogP contribution in [-0.2, 0) is 14.6 Å². The van der Waals surface area contributed by atoms with Crippen molar-refractivity contribution in [3.63, 3.8) is 0 Å². The number of para-hydroxylation sites is 1. The fraction of sp³-hybridized carbons (Fsp3) is 0.391. The summed E-state index contributed by atoms with van der Waals surface area (Å²) in [6, 6.07) is 11.6. The third-order valence-electron chi connectivity index (χ3n) is 5.83. The molecule has 1 aromatic carbocycles. The van der Waals surface area contributed by atoms with Gasteiger partial charge < -0.3 is 4.90 Å². The molecule has 3 heterocycles. The van der Waals surface area contributed by atoms with E-state index in [1.54, 1.807) is 24.3 Å². The van der Waals surface area contributed by atoms with Crippen molar-refractivity contribution in [1.82, 2.24) is 24.6 Å². The molecule has 2 aromatic heterocycles. The highest BCUT2D eigenvalue weighted by molar-refractivity contribution is 7.99. The largest absolute Gasteiger partial charge is 0.341 e. The molecule has 1 aliphatic rings. The zero-order valence-electron chi connectivity index (χ0n) is 18.9. The number of hydrogen-bond donors (Lipinski definition) is 0. The number of sulfone groups is 1. The number of hydrogen-bond acceptors (Lipinski definition) is 7. The third kappa shape index (κ3) is 5.11. The van der Waals surface area contributed by atoms with Crippen LogP contribution in [-0.4, -0.2) is 69.3 Å². The molecular weight excluding hydrogens is 458 g/mol. The minimum Gasteiger partial charge on any atom is -0.341 e. The lowest BCUT2D eigenvalue weighted by Gasteiger charge is -2.23. The fourth-order valence-corrected chi connectivity index (χ4v) is 6.60. The molecule has 0 unspecified atom stereocenters. The molecule has 1 amide bonds. The minimum atomic E-state index is -3.06. The zero-order valence-corrected chi connectivity index (χ0v) is 20.5. The molecule has 10 heteroatoms. The summed E-state index contributed by atoms with van der Waals surface area (Å²) in [5.74, 6) is 1.11. The van der Waals surface area contributed by atoms with E-state index >= 15 is 0 Å². The molecule has 0 spiro atoms. The standard InChI is InChI=1S/C23H27N5O3S2/c1-16(2)19-8-4-5-9-20(19)28-22(17-7-6-11-24-13-17)25-26-23(28)32-14-21(29)27(3)18-10-12-33(30,31)15-18/h4-9,11,13,16,18H,10,12,14-15H2,1-3H3/t18-/m0/s1. The topological polar surface area (TPSA) is 98.1 Å². The molecule has 0 N–H and O–H groups in total. The number of nitrogens with zero attached hydrogens (tertiary/aromatic N) is 5. The van der Waals surface area contributed by atoms with Crippen molar-refractivity contribution in [1.29, 1.82) is 0 Å². The van der Waals surface area contributed by atoms with Gasteiger partial charge in [-0.2, -0.15) is 0 Å². The van der Waals surface area contributed by atoms with Crippen LogP contribution in [0.2, 0.25) is 0 Å². The Labute approximate surface area is 198 Å². The second-order valence-corrected chi connectivity index (χ2v) is 11.6. The van der Waals surface area contributed by atoms with Gasteiger partial charge in [0.2, 0.25) is 5.91 Å². The summed E-state index contributed by atoms with van der Waals surface area (Å²) in [5, 5.41) is 9.43. The predicted octanol–water partition coefficient (Wildman–Crippen LogP) is 3.19. The summed E-state index contributed by atoms with van der Waals surface area (Å²) in [7, 11) is -1.38. The third-order valence-corrected chi connectivity index (χ3v) is 8.49. The highest BCUT2D eigenvalue weighted by atomic mass is 32.2. The summed E-state index contributed by atoms with van der Waals surface area (Å²) in [6.07, 6.45) is 3.93. The molecule has 8 nitrogen and oxygen atoms in total. The van der Waals surface area contributed by atoms with Gasteiger partial charge in [0, 0.05) is 31.0 Å². The first-order chi connectivity index (χ1) is 15.8. The number of benzene rings is 1. The second-order valence-electron chi connectivity index (χ2n) is 8.45. The Balaban J connectivity index is 1.64. The van der Waals surface area contributed by atoms with E-state index in [-0.39, 0.29) is 35.1 Å². The Morgan fingerprint density at radius 2 is 2.00 bits per heavy atom. The average molecular weight is 486 g/mol. The summed E-state index contributed by atoms with van der Waals surface area (Å²) < 4.78 is 25.6. The molecule has 0 bridgehead atoms. The monoisotopic (exact) mass is 485 g/mol. The number of rotatable bonds is 7. The van der Waals surface area contributed by atoms with Crippen LogP contribution in [0.1, 0.15) is 31.7 Å². The van der Waals surface area contributed by atoms with Gasteiger partial charge >= 0.3 is 0 Å². The average Bonchev–Trinajstić information content (AvgIpc) is 3.40. The highest BCUT2D eigenvalue weighted by Gasteiger charge is 2.33. The number of carbonyl (C=O) groups excluding carboxylic acids is 1. The van der Waals surface area contributed by atoms with Crippen LogP contribution in [0.4, 0.5) is 0 Å². The van der Waals surface area contributed by atoms with Crippen molar-refractivity contribution in [2.24, 2.45) is 0 Å². The lowest BCUT2D eigenvalue weighted by atomic mass is 10.0. The maximum absolute atomic E-state index is 12.9. The fourth-order valence-electron chi connectivity index (χ4n) is 3.95. The Hall–Kier alpha value is -2.72. The predicted molar refractivity (Wildman–Crippen MR) is 129 cm³/mol. The summed E-state index contributed by atoms with van der Waals surface area (Å²) in [6.45, 7) is 4.27. The number of thioether (sulfide) groups is 1. The van der Waals surface area contributed by atoms with Crippen LogP contribution in [0, 0.1) is 0 Å². The van der Waals surface area contributed by atoms with Gasteiger partial charge in [-0.1, -0.05) is 43.8 Å². The summed E-state index contributed by atoms with van der Waals surface area (Å²) >= 11 is 1.30. The van der Waals surface area contributed by atoms with Crippen molar-refractivity contribution < 1.29 is 13.2 Å². The minimum absolute atomic E-state index is 0.0308. The van der Waals surface area contributed by atoms with Crippen molar-refractivity contribution >= 4 is 27.5 Å². The lowest BCUT2D eigenvalue weighted by molar-refractivity contribution is -0.128. The number of aromatic nitrogens is 4. The molecule has 1 aliphatic heterocycles. The molecule has 174 valence electrons. The molecule has 0 saturated carbocycles. The quantitative estimate of drug-likeness (QED) is 0.474. The molecule has 4 rings (SSSR count). The van der Waals surface area contributed by atoms with E-state index in [1.807, 2.05) is 34.9 Å². The van der Waals surface area contributed by atoms with Crippen LogP contribution < -0.4 is 0 Å². The van der Waals surface area contributed by atoms with Crippen LogP contribution >= 0.6 is 11.8 Å². The van der Waals surface area contributed by atoms with Gasteiger partial charge in [0.15, 0.2) is 20.8 Å². The maximum Gasteiger partial charge on any atom is 0.233 e. The van der Waals surface area contributed by atoms with Crippen molar-refractivity contribution in [3.8, 4) is 17.1 Å².